The van der Waals surface area contributed by atoms with Crippen LogP contribution in [0.4, 0.5) is 0 Å². The van der Waals surface area contributed by atoms with Crippen molar-refractivity contribution in [2.24, 2.45) is 5.41 Å². The van der Waals surface area contributed by atoms with E-state index < -0.39 is 0 Å². The molecule has 2 aliphatic heterocycles. The molecule has 0 saturated carbocycles. The molecule has 0 aliphatic carbocycles. The molecule has 55 valence electrons. The van der Waals surface area contributed by atoms with Crippen LogP contribution in [0.15, 0.2) is 0 Å². The highest BCUT2D eigenvalue weighted by Gasteiger charge is 2.50. The third-order valence-corrected chi connectivity index (χ3v) is 2.48. The highest BCUT2D eigenvalue weighted by molar-refractivity contribution is 5.60. The minimum Gasteiger partial charge on any atom is -0.368 e. The maximum atomic E-state index is 10.3. The zero-order chi connectivity index (χ0) is 7.03. The van der Waals surface area contributed by atoms with Crippen LogP contribution in [0.2, 0.25) is 0 Å². The average molecular weight is 140 g/mol. The van der Waals surface area contributed by atoms with Gasteiger partial charge in [0.15, 0.2) is 0 Å². The predicted octanol–water partition coefficient (Wildman–Crippen LogP) is -0.525. The van der Waals surface area contributed by atoms with Gasteiger partial charge in [-0.25, -0.2) is 0 Å². The molecule has 0 aromatic carbocycles. The Bertz CT molecular complexity index is 152. The van der Waals surface area contributed by atoms with E-state index in [0.717, 1.165) is 26.1 Å². The Labute approximate surface area is 59.7 Å². The van der Waals surface area contributed by atoms with E-state index >= 15 is 0 Å². The summed E-state index contributed by atoms with van der Waals surface area (Å²) in [5.41, 5.74) is 0.127. The first kappa shape index (κ1) is 6.31. The molecule has 2 heterocycles. The van der Waals surface area contributed by atoms with Crippen molar-refractivity contribution in [3.8, 4) is 0 Å². The van der Waals surface area contributed by atoms with Crippen molar-refractivity contribution in [2.75, 3.05) is 19.7 Å². The van der Waals surface area contributed by atoms with E-state index in [1.165, 1.54) is 0 Å². The molecule has 3 heteroatoms. The van der Waals surface area contributed by atoms with Gasteiger partial charge < -0.3 is 10.1 Å². The predicted molar refractivity (Wildman–Crippen MR) is 35.4 cm³/mol. The maximum Gasteiger partial charge on any atom is 0.230 e. The molecule has 2 fully saturated rings. The Kier molecular flexibility index (Phi) is 1.28. The van der Waals surface area contributed by atoms with Gasteiger partial charge in [-0.05, 0) is 13.0 Å². The van der Waals surface area contributed by atoms with Gasteiger partial charge in [0.25, 0.3) is 0 Å². The van der Waals surface area contributed by atoms with E-state index in [1.807, 2.05) is 6.29 Å². The standard InChI is InChI=1S/C7H10NO2/c9-3-6-7(5-10-6)1-2-8-4-7/h6,8H,1-2,4-5H2. The topological polar surface area (TPSA) is 38.3 Å². The molecule has 2 aliphatic rings. The minimum atomic E-state index is -0.248. The van der Waals surface area contributed by atoms with Gasteiger partial charge in [-0.15, -0.1) is 0 Å². The molecule has 0 bridgehead atoms. The molecular weight excluding hydrogens is 130 g/mol. The van der Waals surface area contributed by atoms with Crippen LogP contribution < -0.4 is 5.32 Å². The minimum absolute atomic E-state index is 0.127. The maximum absolute atomic E-state index is 10.3. The van der Waals surface area contributed by atoms with Gasteiger partial charge in [0.05, 0.1) is 6.61 Å². The molecule has 3 nitrogen and oxygen atoms in total. The van der Waals surface area contributed by atoms with Crippen molar-refractivity contribution in [1.29, 1.82) is 0 Å². The molecule has 0 aromatic heterocycles. The molecular formula is C7H10NO2. The average Bonchev–Trinajstić information content (AvgIpc) is 2.35. The number of rotatable bonds is 1. The molecule has 1 spiro atoms. The molecule has 2 rings (SSSR count). The Balaban J connectivity index is 2.07. The van der Waals surface area contributed by atoms with Crippen molar-refractivity contribution < 1.29 is 9.53 Å². The summed E-state index contributed by atoms with van der Waals surface area (Å²) in [7, 11) is 0. The normalized spacial score (nSPS) is 45.4. The molecule has 2 unspecified atom stereocenters. The first-order valence-corrected chi connectivity index (χ1v) is 3.57. The molecule has 0 aromatic rings. The summed E-state index contributed by atoms with van der Waals surface area (Å²) >= 11 is 0. The lowest BCUT2D eigenvalue weighted by atomic mass is 9.78. The number of carbonyl (C=O) groups excluding carboxylic acids is 1. The van der Waals surface area contributed by atoms with Gasteiger partial charge in [-0.1, -0.05) is 0 Å². The van der Waals surface area contributed by atoms with E-state index in [2.05, 4.69) is 5.32 Å². The van der Waals surface area contributed by atoms with Crippen molar-refractivity contribution in [2.45, 2.75) is 12.5 Å². The second-order valence-electron chi connectivity index (χ2n) is 3.10. The van der Waals surface area contributed by atoms with Gasteiger partial charge in [0, 0.05) is 12.0 Å². The van der Waals surface area contributed by atoms with E-state index in [9.17, 15) is 4.79 Å². The number of hydrogen-bond acceptors (Lipinski definition) is 3. The van der Waals surface area contributed by atoms with Crippen molar-refractivity contribution in [3.63, 3.8) is 0 Å². The second-order valence-corrected chi connectivity index (χ2v) is 3.10. The van der Waals surface area contributed by atoms with E-state index in [1.54, 1.807) is 0 Å². The summed E-state index contributed by atoms with van der Waals surface area (Å²) in [5, 5.41) is 3.22. The SMILES string of the molecule is O=[C]C1OCC12CCNC2. The van der Waals surface area contributed by atoms with Crippen LogP contribution in [-0.2, 0) is 9.53 Å². The lowest BCUT2D eigenvalue weighted by molar-refractivity contribution is -0.138. The first-order chi connectivity index (χ1) is 4.87. The van der Waals surface area contributed by atoms with Crippen molar-refractivity contribution in [3.05, 3.63) is 0 Å². The lowest BCUT2D eigenvalue weighted by Gasteiger charge is -2.42. The summed E-state index contributed by atoms with van der Waals surface area (Å²) in [4.78, 5) is 10.3. The fourth-order valence-electron chi connectivity index (χ4n) is 1.67. The summed E-state index contributed by atoms with van der Waals surface area (Å²) in [6, 6.07) is 0. The fourth-order valence-corrected chi connectivity index (χ4v) is 1.67. The third-order valence-electron chi connectivity index (χ3n) is 2.48. The summed E-state index contributed by atoms with van der Waals surface area (Å²) in [6.07, 6.45) is 2.74. The highest BCUT2D eigenvalue weighted by Crippen LogP contribution is 2.38. The molecule has 1 radical (unpaired) electrons. The monoisotopic (exact) mass is 140 g/mol. The van der Waals surface area contributed by atoms with Crippen LogP contribution in [-0.4, -0.2) is 32.1 Å². The van der Waals surface area contributed by atoms with E-state index in [-0.39, 0.29) is 11.5 Å². The number of nitrogens with one attached hydrogen (secondary N) is 1. The van der Waals surface area contributed by atoms with Gasteiger partial charge in [0.2, 0.25) is 6.29 Å². The number of ether oxygens (including phenoxy) is 1. The summed E-state index contributed by atoms with van der Waals surface area (Å²) in [5.74, 6) is 0. The summed E-state index contributed by atoms with van der Waals surface area (Å²) < 4.78 is 5.05. The highest BCUT2D eigenvalue weighted by atomic mass is 16.5. The summed E-state index contributed by atoms with van der Waals surface area (Å²) in [6.45, 7) is 2.67. The zero-order valence-corrected chi connectivity index (χ0v) is 5.72. The molecule has 10 heavy (non-hydrogen) atoms. The largest absolute Gasteiger partial charge is 0.368 e. The smallest absolute Gasteiger partial charge is 0.230 e. The van der Waals surface area contributed by atoms with Gasteiger partial charge in [-0.3, -0.25) is 4.79 Å². The Hall–Kier alpha value is -0.410. The quantitative estimate of drug-likeness (QED) is 0.532. The Morgan fingerprint density at radius 2 is 2.60 bits per heavy atom. The molecule has 2 atom stereocenters. The Morgan fingerprint density at radius 3 is 3.00 bits per heavy atom. The third kappa shape index (κ3) is 0.646. The van der Waals surface area contributed by atoms with Gasteiger partial charge in [0.1, 0.15) is 6.10 Å². The Morgan fingerprint density at radius 1 is 1.70 bits per heavy atom. The van der Waals surface area contributed by atoms with Crippen LogP contribution in [0.1, 0.15) is 6.42 Å². The van der Waals surface area contributed by atoms with Crippen LogP contribution in [0, 0.1) is 5.41 Å². The van der Waals surface area contributed by atoms with Gasteiger partial charge >= 0.3 is 0 Å². The van der Waals surface area contributed by atoms with Gasteiger partial charge in [-0.2, -0.15) is 0 Å². The molecule has 0 amide bonds. The fraction of sp³-hybridized carbons (Fsp3) is 0.857. The van der Waals surface area contributed by atoms with E-state index in [4.69, 9.17) is 4.74 Å². The van der Waals surface area contributed by atoms with E-state index in [0.29, 0.717) is 0 Å². The molecule has 1 N–H and O–H groups in total. The van der Waals surface area contributed by atoms with Crippen LogP contribution in [0.3, 0.4) is 0 Å². The second kappa shape index (κ2) is 2.04. The first-order valence-electron chi connectivity index (χ1n) is 3.57. The van der Waals surface area contributed by atoms with Crippen LogP contribution >= 0.6 is 0 Å². The zero-order valence-electron chi connectivity index (χ0n) is 5.72. The van der Waals surface area contributed by atoms with Crippen molar-refractivity contribution >= 4 is 6.29 Å². The molecule has 2 saturated heterocycles. The van der Waals surface area contributed by atoms with Crippen molar-refractivity contribution in [1.82, 2.24) is 5.32 Å². The van der Waals surface area contributed by atoms with Crippen LogP contribution in [0.25, 0.3) is 0 Å². The van der Waals surface area contributed by atoms with Crippen LogP contribution in [0.5, 0.6) is 0 Å². The lowest BCUT2D eigenvalue weighted by Crippen LogP contribution is -2.54. The number of hydrogen-bond donors (Lipinski definition) is 1.